The highest BCUT2D eigenvalue weighted by Gasteiger charge is 2.20. The van der Waals surface area contributed by atoms with Gasteiger partial charge in [0.2, 0.25) is 0 Å². The topological polar surface area (TPSA) is 17.1 Å². The Morgan fingerprint density at radius 3 is 2.10 bits per heavy atom. The number of hydrogen-bond donors (Lipinski definition) is 0. The molecule has 0 fully saturated rings. The summed E-state index contributed by atoms with van der Waals surface area (Å²) in [6, 6.07) is 19.2. The van der Waals surface area contributed by atoms with Crippen molar-refractivity contribution in [2.45, 2.75) is 20.3 Å². The van der Waals surface area contributed by atoms with Crippen LogP contribution in [-0.4, -0.2) is 5.78 Å². The lowest BCUT2D eigenvalue weighted by Gasteiger charge is -2.16. The van der Waals surface area contributed by atoms with Crippen molar-refractivity contribution in [3.8, 4) is 11.8 Å². The van der Waals surface area contributed by atoms with Gasteiger partial charge in [-0.15, -0.1) is 0 Å². The summed E-state index contributed by atoms with van der Waals surface area (Å²) in [5.41, 5.74) is 1.40. The molecule has 0 N–H and O–H groups in total. The minimum atomic E-state index is -0.331. The third-order valence-corrected chi connectivity index (χ3v) is 3.02. The quantitative estimate of drug-likeness (QED) is 0.594. The molecule has 0 heterocycles. The van der Waals surface area contributed by atoms with Gasteiger partial charge in [-0.25, -0.2) is 0 Å². The van der Waals surface area contributed by atoms with Crippen molar-refractivity contribution in [2.75, 3.05) is 0 Å². The highest BCUT2D eigenvalue weighted by Crippen LogP contribution is 2.22. The molecule has 0 saturated heterocycles. The highest BCUT2D eigenvalue weighted by molar-refractivity contribution is 5.96. The van der Waals surface area contributed by atoms with Crippen LogP contribution in [-0.2, 0) is 0 Å². The smallest absolute Gasteiger partial charge is 0.164 e. The zero-order valence-corrected chi connectivity index (χ0v) is 11.9. The van der Waals surface area contributed by atoms with Crippen LogP contribution in [0.1, 0.15) is 36.2 Å². The lowest BCUT2D eigenvalue weighted by atomic mass is 9.86. The van der Waals surface area contributed by atoms with Crippen LogP contribution < -0.4 is 0 Å². The van der Waals surface area contributed by atoms with E-state index in [1.807, 2.05) is 74.5 Å². The Morgan fingerprint density at radius 1 is 0.950 bits per heavy atom. The van der Waals surface area contributed by atoms with Crippen LogP contribution in [0, 0.1) is 17.3 Å². The van der Waals surface area contributed by atoms with Crippen molar-refractivity contribution >= 4 is 5.78 Å². The fourth-order valence-corrected chi connectivity index (χ4v) is 1.93. The van der Waals surface area contributed by atoms with Crippen molar-refractivity contribution in [1.82, 2.24) is 0 Å². The Balaban J connectivity index is 2.08. The largest absolute Gasteiger partial charge is 0.294 e. The fraction of sp³-hybridized carbons (Fsp3) is 0.211. The van der Waals surface area contributed by atoms with Crippen LogP contribution >= 0.6 is 0 Å². The molecule has 0 aliphatic rings. The first-order valence-corrected chi connectivity index (χ1v) is 6.73. The monoisotopic (exact) mass is 262 g/mol. The molecule has 0 aliphatic heterocycles. The van der Waals surface area contributed by atoms with Gasteiger partial charge >= 0.3 is 0 Å². The van der Waals surface area contributed by atoms with E-state index in [9.17, 15) is 4.79 Å². The molecule has 0 aliphatic carbocycles. The molecular formula is C19H18O. The standard InChI is InChI=1S/C19H18O/c1-19(2,14-13-16-9-5-3-6-10-16)15-18(20)17-11-7-4-8-12-17/h3-12H,15H2,1-2H3. The van der Waals surface area contributed by atoms with Gasteiger partial charge in [-0.05, 0) is 26.0 Å². The SMILES string of the molecule is CC(C)(C#Cc1ccccc1)CC(=O)c1ccccc1. The van der Waals surface area contributed by atoms with Gasteiger partial charge in [-0.2, -0.15) is 0 Å². The number of ketones is 1. The maximum absolute atomic E-state index is 12.2. The average molecular weight is 262 g/mol. The molecule has 0 saturated carbocycles. The van der Waals surface area contributed by atoms with Gasteiger partial charge in [-0.3, -0.25) is 4.79 Å². The normalized spacial score (nSPS) is 10.5. The highest BCUT2D eigenvalue weighted by atomic mass is 16.1. The third kappa shape index (κ3) is 4.10. The summed E-state index contributed by atoms with van der Waals surface area (Å²) in [6.45, 7) is 4.01. The van der Waals surface area contributed by atoms with Crippen molar-refractivity contribution in [3.63, 3.8) is 0 Å². The molecule has 2 rings (SSSR count). The summed E-state index contributed by atoms with van der Waals surface area (Å²) in [4.78, 5) is 12.2. The molecule has 0 atom stereocenters. The number of Topliss-reactive ketones (excluding diaryl/α,β-unsaturated/α-hetero) is 1. The molecule has 0 spiro atoms. The summed E-state index contributed by atoms with van der Waals surface area (Å²) in [7, 11) is 0. The van der Waals surface area contributed by atoms with E-state index in [4.69, 9.17) is 0 Å². The van der Waals surface area contributed by atoms with E-state index in [1.165, 1.54) is 0 Å². The van der Waals surface area contributed by atoms with E-state index in [0.29, 0.717) is 6.42 Å². The van der Waals surface area contributed by atoms with E-state index in [2.05, 4.69) is 11.8 Å². The van der Waals surface area contributed by atoms with Crippen molar-refractivity contribution in [2.24, 2.45) is 5.41 Å². The van der Waals surface area contributed by atoms with Gasteiger partial charge in [0, 0.05) is 23.0 Å². The second kappa shape index (κ2) is 6.21. The molecule has 0 aromatic heterocycles. The predicted octanol–water partition coefficient (Wildman–Crippen LogP) is 4.34. The molecule has 1 heteroatoms. The van der Waals surface area contributed by atoms with Gasteiger partial charge in [0.1, 0.15) is 0 Å². The Labute approximate surface area is 120 Å². The van der Waals surface area contributed by atoms with Crippen LogP contribution in [0.3, 0.4) is 0 Å². The van der Waals surface area contributed by atoms with Crippen LogP contribution in [0.25, 0.3) is 0 Å². The van der Waals surface area contributed by atoms with Gasteiger partial charge in [0.15, 0.2) is 5.78 Å². The lowest BCUT2D eigenvalue weighted by Crippen LogP contribution is -2.15. The first kappa shape index (κ1) is 14.1. The molecule has 1 nitrogen and oxygen atoms in total. The fourth-order valence-electron chi connectivity index (χ4n) is 1.93. The number of rotatable bonds is 3. The molecule has 100 valence electrons. The Bertz CT molecular complexity index is 628. The van der Waals surface area contributed by atoms with E-state index in [-0.39, 0.29) is 11.2 Å². The van der Waals surface area contributed by atoms with Crippen molar-refractivity contribution < 1.29 is 4.79 Å². The number of benzene rings is 2. The zero-order valence-electron chi connectivity index (χ0n) is 11.9. The Kier molecular flexibility index (Phi) is 4.38. The molecule has 2 aromatic rings. The van der Waals surface area contributed by atoms with E-state index >= 15 is 0 Å². The second-order valence-corrected chi connectivity index (χ2v) is 5.47. The number of hydrogen-bond acceptors (Lipinski definition) is 1. The molecule has 0 amide bonds. The summed E-state index contributed by atoms with van der Waals surface area (Å²) < 4.78 is 0. The Hall–Kier alpha value is -2.33. The average Bonchev–Trinajstić information content (AvgIpc) is 2.47. The van der Waals surface area contributed by atoms with E-state index in [0.717, 1.165) is 11.1 Å². The number of carbonyl (C=O) groups excluding carboxylic acids is 1. The molecule has 0 radical (unpaired) electrons. The molecule has 0 unspecified atom stereocenters. The maximum atomic E-state index is 12.2. The minimum absolute atomic E-state index is 0.137. The molecule has 2 aromatic carbocycles. The van der Waals surface area contributed by atoms with E-state index < -0.39 is 0 Å². The van der Waals surface area contributed by atoms with Crippen LogP contribution in [0.4, 0.5) is 0 Å². The van der Waals surface area contributed by atoms with Crippen molar-refractivity contribution in [3.05, 3.63) is 71.8 Å². The molecule has 0 bridgehead atoms. The maximum Gasteiger partial charge on any atom is 0.164 e. The Morgan fingerprint density at radius 2 is 1.50 bits per heavy atom. The summed E-state index contributed by atoms with van der Waals surface area (Å²) in [6.07, 6.45) is 0.427. The van der Waals surface area contributed by atoms with Gasteiger partial charge in [0.05, 0.1) is 0 Å². The molecule has 20 heavy (non-hydrogen) atoms. The first-order chi connectivity index (χ1) is 9.57. The minimum Gasteiger partial charge on any atom is -0.294 e. The summed E-state index contributed by atoms with van der Waals surface area (Å²) in [5.74, 6) is 6.48. The van der Waals surface area contributed by atoms with Gasteiger partial charge < -0.3 is 0 Å². The third-order valence-electron chi connectivity index (χ3n) is 3.02. The zero-order chi connectivity index (χ0) is 14.4. The van der Waals surface area contributed by atoms with Gasteiger partial charge in [0.25, 0.3) is 0 Å². The number of carbonyl (C=O) groups is 1. The van der Waals surface area contributed by atoms with Crippen LogP contribution in [0.5, 0.6) is 0 Å². The van der Waals surface area contributed by atoms with Crippen LogP contribution in [0.15, 0.2) is 60.7 Å². The molecular weight excluding hydrogens is 244 g/mol. The van der Waals surface area contributed by atoms with Crippen LogP contribution in [0.2, 0.25) is 0 Å². The van der Waals surface area contributed by atoms with Crippen molar-refractivity contribution in [1.29, 1.82) is 0 Å². The lowest BCUT2D eigenvalue weighted by molar-refractivity contribution is 0.0953. The van der Waals surface area contributed by atoms with Gasteiger partial charge in [-0.1, -0.05) is 60.4 Å². The predicted molar refractivity (Wildman–Crippen MR) is 82.5 cm³/mol. The van der Waals surface area contributed by atoms with E-state index in [1.54, 1.807) is 0 Å². The first-order valence-electron chi connectivity index (χ1n) is 6.73. The summed E-state index contributed by atoms with van der Waals surface area (Å²) >= 11 is 0. The summed E-state index contributed by atoms with van der Waals surface area (Å²) in [5, 5.41) is 0. The second-order valence-electron chi connectivity index (χ2n) is 5.47.